The third kappa shape index (κ3) is 13.5. The molecule has 0 fully saturated rings. The van der Waals surface area contributed by atoms with Gasteiger partial charge in [0.15, 0.2) is 0 Å². The largest absolute Gasteiger partial charge is 0.316 e. The molecule has 0 aliphatic heterocycles. The van der Waals surface area contributed by atoms with Gasteiger partial charge in [0.05, 0.1) is 0 Å². The lowest BCUT2D eigenvalue weighted by atomic mass is 10.2. The Kier molecular flexibility index (Phi) is 13.2. The van der Waals surface area contributed by atoms with Gasteiger partial charge in [-0.3, -0.25) is 4.99 Å². The zero-order valence-corrected chi connectivity index (χ0v) is 12.1. The minimum atomic E-state index is 0.628. The first-order valence-electron chi connectivity index (χ1n) is 6.48. The summed E-state index contributed by atoms with van der Waals surface area (Å²) in [5.41, 5.74) is 0. The molecular weight excluding hydrogens is 228 g/mol. The Hall–Kier alpha value is -0.460. The van der Waals surface area contributed by atoms with E-state index >= 15 is 0 Å². The van der Waals surface area contributed by atoms with Crippen LogP contribution < -0.4 is 5.32 Å². The molecule has 1 atom stereocenters. The smallest absolute Gasteiger partial charge is 0.0494 e. The molecular formula is C14H26N2S. The van der Waals surface area contributed by atoms with Gasteiger partial charge in [-0.1, -0.05) is 6.42 Å². The van der Waals surface area contributed by atoms with Crippen molar-refractivity contribution in [3.63, 3.8) is 0 Å². The van der Waals surface area contributed by atoms with Crippen LogP contribution in [0.25, 0.3) is 0 Å². The molecule has 0 rings (SSSR count). The van der Waals surface area contributed by atoms with Crippen LogP contribution in [0.2, 0.25) is 0 Å². The van der Waals surface area contributed by atoms with Gasteiger partial charge >= 0.3 is 0 Å². The van der Waals surface area contributed by atoms with Crippen LogP contribution in [0.1, 0.15) is 39.0 Å². The minimum absolute atomic E-state index is 0.628. The Bertz CT molecular complexity index is 221. The monoisotopic (exact) mass is 254 g/mol. The van der Waals surface area contributed by atoms with Gasteiger partial charge in [0.1, 0.15) is 0 Å². The summed E-state index contributed by atoms with van der Waals surface area (Å²) in [6, 6.07) is 0.628. The van der Waals surface area contributed by atoms with Gasteiger partial charge < -0.3 is 5.32 Å². The van der Waals surface area contributed by atoms with Crippen molar-refractivity contribution in [3.8, 4) is 12.3 Å². The van der Waals surface area contributed by atoms with Crippen molar-refractivity contribution in [2.24, 2.45) is 4.99 Å². The zero-order chi connectivity index (χ0) is 12.8. The molecule has 1 unspecified atom stereocenters. The van der Waals surface area contributed by atoms with Gasteiger partial charge in [-0.15, -0.1) is 12.3 Å². The molecule has 0 saturated heterocycles. The molecule has 98 valence electrons. The predicted molar refractivity (Wildman–Crippen MR) is 81.1 cm³/mol. The number of unbranched alkanes of at least 4 members (excludes halogenated alkanes) is 3. The van der Waals surface area contributed by atoms with E-state index in [9.17, 15) is 0 Å². The number of thioether (sulfide) groups is 1. The maximum absolute atomic E-state index is 5.14. The SMILES string of the molecule is C#CCCN=CCCCCCSCC(C)NC. The summed E-state index contributed by atoms with van der Waals surface area (Å²) in [7, 11) is 2.02. The summed E-state index contributed by atoms with van der Waals surface area (Å²) < 4.78 is 0. The highest BCUT2D eigenvalue weighted by atomic mass is 32.2. The van der Waals surface area contributed by atoms with E-state index in [0.29, 0.717) is 6.04 Å². The number of nitrogens with one attached hydrogen (secondary N) is 1. The molecule has 0 bridgehead atoms. The van der Waals surface area contributed by atoms with E-state index in [-0.39, 0.29) is 0 Å². The van der Waals surface area contributed by atoms with E-state index in [4.69, 9.17) is 6.42 Å². The molecule has 3 heteroatoms. The van der Waals surface area contributed by atoms with Crippen molar-refractivity contribution >= 4 is 18.0 Å². The van der Waals surface area contributed by atoms with Gasteiger partial charge in [-0.05, 0) is 45.2 Å². The molecule has 17 heavy (non-hydrogen) atoms. The number of hydrogen-bond acceptors (Lipinski definition) is 3. The van der Waals surface area contributed by atoms with Crippen LogP contribution in [0.5, 0.6) is 0 Å². The van der Waals surface area contributed by atoms with Gasteiger partial charge in [0, 0.05) is 24.8 Å². The summed E-state index contributed by atoms with van der Waals surface area (Å²) in [6.45, 7) is 3.01. The van der Waals surface area contributed by atoms with Crippen molar-refractivity contribution in [1.82, 2.24) is 5.32 Å². The summed E-state index contributed by atoms with van der Waals surface area (Å²) in [4.78, 5) is 4.25. The van der Waals surface area contributed by atoms with E-state index in [1.807, 2.05) is 25.0 Å². The highest BCUT2D eigenvalue weighted by molar-refractivity contribution is 7.99. The fraction of sp³-hybridized carbons (Fsp3) is 0.786. The minimum Gasteiger partial charge on any atom is -0.316 e. The molecule has 1 N–H and O–H groups in total. The van der Waals surface area contributed by atoms with Gasteiger partial charge in [0.2, 0.25) is 0 Å². The van der Waals surface area contributed by atoms with Crippen molar-refractivity contribution in [1.29, 1.82) is 0 Å². The molecule has 0 saturated carbocycles. The molecule has 0 spiro atoms. The molecule has 0 aromatic carbocycles. The summed E-state index contributed by atoms with van der Waals surface area (Å²) in [5.74, 6) is 5.08. The van der Waals surface area contributed by atoms with Crippen molar-refractivity contribution < 1.29 is 0 Å². The third-order valence-electron chi connectivity index (χ3n) is 2.50. The second kappa shape index (κ2) is 13.6. The normalized spacial score (nSPS) is 12.8. The topological polar surface area (TPSA) is 24.4 Å². The van der Waals surface area contributed by atoms with Gasteiger partial charge in [-0.2, -0.15) is 11.8 Å². The van der Waals surface area contributed by atoms with Crippen LogP contribution in [-0.4, -0.2) is 37.4 Å². The first-order valence-corrected chi connectivity index (χ1v) is 7.63. The third-order valence-corrected chi connectivity index (χ3v) is 3.81. The maximum Gasteiger partial charge on any atom is 0.0494 e. The lowest BCUT2D eigenvalue weighted by molar-refractivity contribution is 0.676. The summed E-state index contributed by atoms with van der Waals surface area (Å²) >= 11 is 2.04. The Morgan fingerprint density at radius 2 is 2.24 bits per heavy atom. The predicted octanol–water partition coefficient (Wildman–Crippen LogP) is 2.98. The summed E-state index contributed by atoms with van der Waals surface area (Å²) in [6.07, 6.45) is 12.9. The maximum atomic E-state index is 5.14. The lowest BCUT2D eigenvalue weighted by Crippen LogP contribution is -2.23. The Balaban J connectivity index is 3.09. The van der Waals surface area contributed by atoms with Crippen molar-refractivity contribution in [2.75, 3.05) is 25.1 Å². The Labute approximate surface area is 111 Å². The zero-order valence-electron chi connectivity index (χ0n) is 11.2. The van der Waals surface area contributed by atoms with Crippen LogP contribution in [0.4, 0.5) is 0 Å². The van der Waals surface area contributed by atoms with Crippen LogP contribution in [0.15, 0.2) is 4.99 Å². The van der Waals surface area contributed by atoms with Crippen LogP contribution >= 0.6 is 11.8 Å². The van der Waals surface area contributed by atoms with Crippen LogP contribution in [-0.2, 0) is 0 Å². The van der Waals surface area contributed by atoms with E-state index < -0.39 is 0 Å². The number of aliphatic imine (C=N–C) groups is 1. The molecule has 2 nitrogen and oxygen atoms in total. The molecule has 0 aromatic heterocycles. The number of nitrogens with zero attached hydrogens (tertiary/aromatic N) is 1. The van der Waals surface area contributed by atoms with E-state index in [0.717, 1.165) is 19.4 Å². The number of terminal acetylenes is 1. The van der Waals surface area contributed by atoms with E-state index in [1.165, 1.54) is 30.8 Å². The Morgan fingerprint density at radius 1 is 1.41 bits per heavy atom. The molecule has 0 aliphatic carbocycles. The number of rotatable bonds is 11. The molecule has 0 aromatic rings. The second-order valence-electron chi connectivity index (χ2n) is 4.16. The van der Waals surface area contributed by atoms with E-state index in [2.05, 4.69) is 23.2 Å². The van der Waals surface area contributed by atoms with Crippen molar-refractivity contribution in [3.05, 3.63) is 0 Å². The average molecular weight is 254 g/mol. The lowest BCUT2D eigenvalue weighted by Gasteiger charge is -2.08. The van der Waals surface area contributed by atoms with Crippen molar-refractivity contribution in [2.45, 2.75) is 45.1 Å². The highest BCUT2D eigenvalue weighted by Crippen LogP contribution is 2.08. The number of hydrogen-bond donors (Lipinski definition) is 1. The van der Waals surface area contributed by atoms with Crippen LogP contribution in [0, 0.1) is 12.3 Å². The molecule has 0 aliphatic rings. The Morgan fingerprint density at radius 3 is 2.94 bits per heavy atom. The van der Waals surface area contributed by atoms with Crippen LogP contribution in [0.3, 0.4) is 0 Å². The standard InChI is InChI=1S/C14H26N2S/c1-4-5-10-16-11-8-6-7-9-12-17-13-14(2)15-3/h1,11,14-15H,5-10,12-13H2,2-3H3. The first kappa shape index (κ1) is 16.5. The molecule has 0 radical (unpaired) electrons. The van der Waals surface area contributed by atoms with Gasteiger partial charge in [0.25, 0.3) is 0 Å². The average Bonchev–Trinajstić information content (AvgIpc) is 2.35. The first-order chi connectivity index (χ1) is 8.31. The highest BCUT2D eigenvalue weighted by Gasteiger charge is 1.97. The fourth-order valence-electron chi connectivity index (χ4n) is 1.27. The quantitative estimate of drug-likeness (QED) is 0.348. The van der Waals surface area contributed by atoms with Gasteiger partial charge in [-0.25, -0.2) is 0 Å². The second-order valence-corrected chi connectivity index (χ2v) is 5.31. The van der Waals surface area contributed by atoms with E-state index in [1.54, 1.807) is 0 Å². The molecule has 0 amide bonds. The molecule has 0 heterocycles. The fourth-order valence-corrected chi connectivity index (χ4v) is 2.37. The summed E-state index contributed by atoms with van der Waals surface area (Å²) in [5, 5.41) is 3.25.